The van der Waals surface area contributed by atoms with E-state index in [0.717, 1.165) is 30.2 Å². The molecular weight excluding hydrogens is 308 g/mol. The number of carbonyl (C=O) groups excluding carboxylic acids is 1. The van der Waals surface area contributed by atoms with Crippen molar-refractivity contribution in [3.05, 3.63) is 35.2 Å². The Morgan fingerprint density at radius 1 is 1.08 bits per heavy atom. The highest BCUT2D eigenvalue weighted by molar-refractivity contribution is 6.03. The minimum absolute atomic E-state index is 0.261. The summed E-state index contributed by atoms with van der Waals surface area (Å²) in [6, 6.07) is 0. The highest BCUT2D eigenvalue weighted by atomic mass is 16.5. The van der Waals surface area contributed by atoms with E-state index in [1.165, 1.54) is 6.20 Å². The van der Waals surface area contributed by atoms with Crippen molar-refractivity contribution in [1.82, 2.24) is 19.9 Å². The lowest BCUT2D eigenvalue weighted by Gasteiger charge is -2.27. The third-order valence-corrected chi connectivity index (χ3v) is 3.81. The molecule has 8 heteroatoms. The summed E-state index contributed by atoms with van der Waals surface area (Å²) >= 11 is 0. The Morgan fingerprint density at radius 3 is 2.33 bits per heavy atom. The maximum absolute atomic E-state index is 12.3. The highest BCUT2D eigenvalue weighted by Gasteiger charge is 2.18. The molecule has 2 aromatic rings. The molecule has 0 aromatic carbocycles. The molecule has 3 heterocycles. The van der Waals surface area contributed by atoms with Crippen molar-refractivity contribution in [3.63, 3.8) is 0 Å². The molecule has 1 saturated heterocycles. The molecule has 0 bridgehead atoms. The largest absolute Gasteiger partial charge is 0.378 e. The van der Waals surface area contributed by atoms with Crippen molar-refractivity contribution in [1.29, 1.82) is 0 Å². The molecule has 0 aliphatic carbocycles. The summed E-state index contributed by atoms with van der Waals surface area (Å²) in [6.07, 6.45) is 3.02. The topological polar surface area (TPSA) is 93.1 Å². The molecule has 0 spiro atoms. The van der Waals surface area contributed by atoms with Gasteiger partial charge < -0.3 is 15.0 Å². The van der Waals surface area contributed by atoms with Gasteiger partial charge in [0.2, 0.25) is 5.95 Å². The molecule has 0 atom stereocenters. The highest BCUT2D eigenvalue weighted by Crippen LogP contribution is 2.21. The predicted octanol–water partition coefficient (Wildman–Crippen LogP) is 1.28. The summed E-state index contributed by atoms with van der Waals surface area (Å²) in [6.45, 7) is 8.41. The van der Waals surface area contributed by atoms with Crippen LogP contribution in [0.15, 0.2) is 12.4 Å². The maximum Gasteiger partial charge on any atom is 0.275 e. The first-order valence-corrected chi connectivity index (χ1v) is 7.82. The van der Waals surface area contributed by atoms with Crippen molar-refractivity contribution >= 4 is 17.5 Å². The first-order chi connectivity index (χ1) is 11.5. The molecule has 1 aliphatic heterocycles. The lowest BCUT2D eigenvalue weighted by molar-refractivity contribution is 0.102. The number of nitrogens with zero attached hydrogens (tertiary/aromatic N) is 5. The van der Waals surface area contributed by atoms with Gasteiger partial charge in [0.15, 0.2) is 0 Å². The number of morpholine rings is 1. The summed E-state index contributed by atoms with van der Waals surface area (Å²) in [5.74, 6) is 0.345. The van der Waals surface area contributed by atoms with Crippen LogP contribution in [0.25, 0.3) is 0 Å². The van der Waals surface area contributed by atoms with E-state index in [4.69, 9.17) is 4.74 Å². The van der Waals surface area contributed by atoms with E-state index in [0.29, 0.717) is 24.8 Å². The smallest absolute Gasteiger partial charge is 0.275 e. The number of amides is 1. The zero-order valence-corrected chi connectivity index (χ0v) is 14.0. The average Bonchev–Trinajstić information content (AvgIpc) is 2.59. The van der Waals surface area contributed by atoms with Gasteiger partial charge in [0, 0.05) is 19.3 Å². The van der Waals surface area contributed by atoms with Gasteiger partial charge in [-0.3, -0.25) is 9.78 Å². The second-order valence-electron chi connectivity index (χ2n) is 5.67. The van der Waals surface area contributed by atoms with Crippen molar-refractivity contribution in [2.45, 2.75) is 20.8 Å². The standard InChI is InChI=1S/C16H20N6O2/c1-10-8-18-13(9-17-10)15(23)21-14-11(2)19-16(20-12(14)3)22-4-6-24-7-5-22/h8-9H,4-7H2,1-3H3,(H,21,23). The van der Waals surface area contributed by atoms with Gasteiger partial charge in [-0.15, -0.1) is 0 Å². The van der Waals surface area contributed by atoms with Crippen LogP contribution < -0.4 is 10.2 Å². The summed E-state index contributed by atoms with van der Waals surface area (Å²) in [5, 5.41) is 2.83. The zero-order chi connectivity index (χ0) is 17.1. The first-order valence-electron chi connectivity index (χ1n) is 7.82. The molecule has 0 unspecified atom stereocenters. The fraction of sp³-hybridized carbons (Fsp3) is 0.438. The van der Waals surface area contributed by atoms with Crippen LogP contribution >= 0.6 is 0 Å². The molecule has 24 heavy (non-hydrogen) atoms. The fourth-order valence-electron chi connectivity index (χ4n) is 2.47. The van der Waals surface area contributed by atoms with Crippen molar-refractivity contribution in [2.75, 3.05) is 36.5 Å². The Balaban J connectivity index is 1.80. The zero-order valence-electron chi connectivity index (χ0n) is 14.0. The van der Waals surface area contributed by atoms with Gasteiger partial charge in [-0.25, -0.2) is 15.0 Å². The number of aromatic nitrogens is 4. The van der Waals surface area contributed by atoms with E-state index in [9.17, 15) is 4.79 Å². The monoisotopic (exact) mass is 328 g/mol. The maximum atomic E-state index is 12.3. The van der Waals surface area contributed by atoms with Gasteiger partial charge in [-0.2, -0.15) is 0 Å². The molecule has 0 saturated carbocycles. The van der Waals surface area contributed by atoms with Crippen molar-refractivity contribution < 1.29 is 9.53 Å². The third-order valence-electron chi connectivity index (χ3n) is 3.81. The predicted molar refractivity (Wildman–Crippen MR) is 89.3 cm³/mol. The van der Waals surface area contributed by atoms with E-state index in [-0.39, 0.29) is 11.6 Å². The number of rotatable bonds is 3. The van der Waals surface area contributed by atoms with Gasteiger partial charge in [0.05, 0.1) is 42.2 Å². The van der Waals surface area contributed by atoms with Gasteiger partial charge in [-0.05, 0) is 20.8 Å². The number of carbonyl (C=O) groups is 1. The number of hydrogen-bond donors (Lipinski definition) is 1. The Hall–Kier alpha value is -2.61. The first kappa shape index (κ1) is 16.3. The molecule has 126 valence electrons. The second-order valence-corrected chi connectivity index (χ2v) is 5.67. The quantitative estimate of drug-likeness (QED) is 0.907. The van der Waals surface area contributed by atoms with Crippen molar-refractivity contribution in [3.8, 4) is 0 Å². The number of anilines is 2. The molecule has 3 rings (SSSR count). The molecular formula is C16H20N6O2. The van der Waals surface area contributed by atoms with Gasteiger partial charge in [-0.1, -0.05) is 0 Å². The number of nitrogens with one attached hydrogen (secondary N) is 1. The van der Waals surface area contributed by atoms with E-state index in [1.807, 2.05) is 20.8 Å². The summed E-state index contributed by atoms with van der Waals surface area (Å²) in [7, 11) is 0. The van der Waals surface area contributed by atoms with Crippen molar-refractivity contribution in [2.24, 2.45) is 0 Å². The Bertz CT molecular complexity index is 718. The Labute approximate surface area is 140 Å². The number of aryl methyl sites for hydroxylation is 3. The summed E-state index contributed by atoms with van der Waals surface area (Å²) in [4.78, 5) is 31.6. The summed E-state index contributed by atoms with van der Waals surface area (Å²) < 4.78 is 5.35. The molecule has 1 amide bonds. The van der Waals surface area contributed by atoms with Crippen LogP contribution in [0, 0.1) is 20.8 Å². The second kappa shape index (κ2) is 6.88. The third kappa shape index (κ3) is 3.48. The van der Waals surface area contributed by atoms with Crippen LogP contribution in [0.3, 0.4) is 0 Å². The van der Waals surface area contributed by atoms with E-state index >= 15 is 0 Å². The van der Waals surface area contributed by atoms with Gasteiger partial charge in [0.1, 0.15) is 5.69 Å². The van der Waals surface area contributed by atoms with Crippen LogP contribution in [0.5, 0.6) is 0 Å². The molecule has 1 aliphatic rings. The lowest BCUT2D eigenvalue weighted by Crippen LogP contribution is -2.37. The number of ether oxygens (including phenoxy) is 1. The minimum Gasteiger partial charge on any atom is -0.378 e. The van der Waals surface area contributed by atoms with Crippen LogP contribution in [0.4, 0.5) is 11.6 Å². The fourth-order valence-corrected chi connectivity index (χ4v) is 2.47. The van der Waals surface area contributed by atoms with Crippen LogP contribution in [0.1, 0.15) is 27.6 Å². The van der Waals surface area contributed by atoms with Gasteiger partial charge >= 0.3 is 0 Å². The van der Waals surface area contributed by atoms with Crippen LogP contribution in [-0.2, 0) is 4.74 Å². The van der Waals surface area contributed by atoms with Gasteiger partial charge in [0.25, 0.3) is 5.91 Å². The number of hydrogen-bond acceptors (Lipinski definition) is 7. The molecule has 1 N–H and O–H groups in total. The normalized spacial score (nSPS) is 14.5. The van der Waals surface area contributed by atoms with Crippen LogP contribution in [-0.4, -0.2) is 52.1 Å². The SMILES string of the molecule is Cc1cnc(C(=O)Nc2c(C)nc(N3CCOCC3)nc2C)cn1. The molecule has 1 fully saturated rings. The van der Waals surface area contributed by atoms with E-state index in [2.05, 4.69) is 30.2 Å². The van der Waals surface area contributed by atoms with Crippen LogP contribution in [0.2, 0.25) is 0 Å². The average molecular weight is 328 g/mol. The molecule has 0 radical (unpaired) electrons. The van der Waals surface area contributed by atoms with E-state index < -0.39 is 0 Å². The van der Waals surface area contributed by atoms with E-state index in [1.54, 1.807) is 6.20 Å². The lowest BCUT2D eigenvalue weighted by atomic mass is 10.2. The Kier molecular flexibility index (Phi) is 4.66. The summed E-state index contributed by atoms with van der Waals surface area (Å²) in [5.41, 5.74) is 3.07. The molecule has 2 aromatic heterocycles. The Morgan fingerprint density at radius 2 is 1.75 bits per heavy atom. The molecule has 8 nitrogen and oxygen atoms in total. The minimum atomic E-state index is -0.323.